The Morgan fingerprint density at radius 3 is 2.70 bits per heavy atom. The molecule has 0 aromatic heterocycles. The molecule has 0 amide bonds. The summed E-state index contributed by atoms with van der Waals surface area (Å²) in [4.78, 5) is 0. The Balaban J connectivity index is 3.19. The van der Waals surface area contributed by atoms with Crippen LogP contribution in [0.3, 0.4) is 0 Å². The van der Waals surface area contributed by atoms with Crippen LogP contribution < -0.4 is 0 Å². The van der Waals surface area contributed by atoms with E-state index in [4.69, 9.17) is 12.2 Å². The zero-order valence-corrected chi connectivity index (χ0v) is 8.00. The molecule has 0 heterocycles. The van der Waals surface area contributed by atoms with Crippen molar-refractivity contribution in [1.82, 2.24) is 0 Å². The fourth-order valence-corrected chi connectivity index (χ4v) is 1.51. The molecular formula is C8H7BrS. The molecule has 0 saturated heterocycles. The van der Waals surface area contributed by atoms with Gasteiger partial charge in [0.25, 0.3) is 0 Å². The maximum absolute atomic E-state index is 4.81. The monoisotopic (exact) mass is 214 g/mol. The molecule has 0 saturated carbocycles. The van der Waals surface area contributed by atoms with E-state index in [0.717, 1.165) is 10.0 Å². The van der Waals surface area contributed by atoms with Gasteiger partial charge >= 0.3 is 0 Å². The van der Waals surface area contributed by atoms with Gasteiger partial charge in [-0.3, -0.25) is 0 Å². The number of hydrogen-bond donors (Lipinski definition) is 0. The van der Waals surface area contributed by atoms with Gasteiger partial charge in [-0.25, -0.2) is 0 Å². The summed E-state index contributed by atoms with van der Waals surface area (Å²) in [5.74, 6) is 0. The highest BCUT2D eigenvalue weighted by atomic mass is 79.9. The van der Waals surface area contributed by atoms with Crippen molar-refractivity contribution in [2.45, 2.75) is 6.92 Å². The fourth-order valence-electron chi connectivity index (χ4n) is 0.771. The maximum Gasteiger partial charge on any atom is 0.0178 e. The van der Waals surface area contributed by atoms with Gasteiger partial charge in [0.05, 0.1) is 0 Å². The van der Waals surface area contributed by atoms with Gasteiger partial charge in [0.1, 0.15) is 0 Å². The van der Waals surface area contributed by atoms with Crippen molar-refractivity contribution in [1.29, 1.82) is 0 Å². The minimum Gasteiger partial charge on any atom is -0.0881 e. The summed E-state index contributed by atoms with van der Waals surface area (Å²) in [6.45, 7) is 2.04. The summed E-state index contributed by atoms with van der Waals surface area (Å²) in [5.41, 5.74) is 2.34. The van der Waals surface area contributed by atoms with Crippen LogP contribution in [0.15, 0.2) is 22.7 Å². The Morgan fingerprint density at radius 1 is 1.50 bits per heavy atom. The Labute approximate surface area is 74.4 Å². The molecule has 0 aliphatic carbocycles. The topological polar surface area (TPSA) is 0 Å². The minimum absolute atomic E-state index is 1.10. The Morgan fingerprint density at radius 2 is 2.20 bits per heavy atom. The van der Waals surface area contributed by atoms with Crippen LogP contribution in [0.5, 0.6) is 0 Å². The first-order valence-electron chi connectivity index (χ1n) is 2.95. The van der Waals surface area contributed by atoms with Crippen molar-refractivity contribution in [3.05, 3.63) is 33.8 Å². The van der Waals surface area contributed by atoms with Crippen LogP contribution in [-0.2, 0) is 0 Å². The van der Waals surface area contributed by atoms with E-state index in [1.165, 1.54) is 5.56 Å². The number of halogens is 1. The molecule has 0 N–H and O–H groups in total. The van der Waals surface area contributed by atoms with Gasteiger partial charge < -0.3 is 0 Å². The molecule has 0 unspecified atom stereocenters. The number of aryl methyl sites for hydroxylation is 1. The van der Waals surface area contributed by atoms with Gasteiger partial charge in [-0.15, -0.1) is 0 Å². The van der Waals surface area contributed by atoms with Crippen molar-refractivity contribution < 1.29 is 0 Å². The fraction of sp³-hybridized carbons (Fsp3) is 0.125. The second-order valence-electron chi connectivity index (χ2n) is 2.12. The zero-order valence-electron chi connectivity index (χ0n) is 5.60. The lowest BCUT2D eigenvalue weighted by molar-refractivity contribution is 1.44. The molecule has 1 aromatic rings. The van der Waals surface area contributed by atoms with Crippen molar-refractivity contribution in [2.75, 3.05) is 0 Å². The number of benzene rings is 1. The number of thiocarbonyl (C=S) groups is 1. The predicted octanol–water partition coefficient (Wildman–Crippen LogP) is 3.11. The summed E-state index contributed by atoms with van der Waals surface area (Å²) < 4.78 is 1.10. The van der Waals surface area contributed by atoms with E-state index in [1.807, 2.05) is 19.1 Å². The summed E-state index contributed by atoms with van der Waals surface area (Å²) in [7, 11) is 0. The Kier molecular flexibility index (Phi) is 2.57. The van der Waals surface area contributed by atoms with E-state index < -0.39 is 0 Å². The second-order valence-corrected chi connectivity index (χ2v) is 3.27. The smallest absolute Gasteiger partial charge is 0.0178 e. The van der Waals surface area contributed by atoms with Gasteiger partial charge in [-0.1, -0.05) is 34.2 Å². The summed E-state index contributed by atoms with van der Waals surface area (Å²) >= 11 is 8.19. The van der Waals surface area contributed by atoms with Crippen LogP contribution in [-0.4, -0.2) is 5.37 Å². The van der Waals surface area contributed by atoms with E-state index in [-0.39, 0.29) is 0 Å². The molecular weight excluding hydrogens is 208 g/mol. The second kappa shape index (κ2) is 3.26. The number of hydrogen-bond acceptors (Lipinski definition) is 1. The summed E-state index contributed by atoms with van der Waals surface area (Å²) in [6, 6.07) is 6.05. The van der Waals surface area contributed by atoms with Crippen molar-refractivity contribution in [3.63, 3.8) is 0 Å². The standard InChI is InChI=1S/C8H7BrS/c1-6-4-8(9)3-2-7(6)5-10/h2-5H,1H3. The van der Waals surface area contributed by atoms with Crippen LogP contribution in [0.2, 0.25) is 0 Å². The van der Waals surface area contributed by atoms with Crippen LogP contribution >= 0.6 is 28.1 Å². The first kappa shape index (κ1) is 7.89. The zero-order chi connectivity index (χ0) is 7.56. The van der Waals surface area contributed by atoms with Gasteiger partial charge in [0.15, 0.2) is 0 Å². The van der Waals surface area contributed by atoms with E-state index in [0.29, 0.717) is 0 Å². The highest BCUT2D eigenvalue weighted by Crippen LogP contribution is 2.14. The van der Waals surface area contributed by atoms with E-state index in [1.54, 1.807) is 5.37 Å². The molecule has 1 rings (SSSR count). The quantitative estimate of drug-likeness (QED) is 0.648. The molecule has 0 spiro atoms. The lowest BCUT2D eigenvalue weighted by Crippen LogP contribution is -1.83. The van der Waals surface area contributed by atoms with E-state index in [2.05, 4.69) is 22.0 Å². The lowest BCUT2D eigenvalue weighted by Gasteiger charge is -1.97. The Hall–Kier alpha value is -0.210. The Bertz CT molecular complexity index is 255. The van der Waals surface area contributed by atoms with Gasteiger partial charge in [0.2, 0.25) is 0 Å². The third-order valence-corrected chi connectivity index (χ3v) is 2.11. The largest absolute Gasteiger partial charge is 0.0881 e. The molecule has 0 atom stereocenters. The molecule has 1 aromatic carbocycles. The predicted molar refractivity (Wildman–Crippen MR) is 51.6 cm³/mol. The molecule has 0 aliphatic rings. The molecule has 0 nitrogen and oxygen atoms in total. The van der Waals surface area contributed by atoms with E-state index >= 15 is 0 Å². The van der Waals surface area contributed by atoms with Crippen LogP contribution in [0, 0.1) is 6.92 Å². The molecule has 0 bridgehead atoms. The molecule has 0 fully saturated rings. The van der Waals surface area contributed by atoms with Crippen molar-refractivity contribution in [3.8, 4) is 0 Å². The third-order valence-electron chi connectivity index (χ3n) is 1.36. The average Bonchev–Trinajstić information content (AvgIpc) is 1.88. The maximum atomic E-state index is 4.81. The van der Waals surface area contributed by atoms with Crippen LogP contribution in [0.25, 0.3) is 0 Å². The molecule has 0 aliphatic heterocycles. The van der Waals surface area contributed by atoms with Crippen LogP contribution in [0.4, 0.5) is 0 Å². The molecule has 0 radical (unpaired) electrons. The average molecular weight is 215 g/mol. The summed E-state index contributed by atoms with van der Waals surface area (Å²) in [6.07, 6.45) is 0. The number of rotatable bonds is 1. The molecule has 10 heavy (non-hydrogen) atoms. The minimum atomic E-state index is 1.10. The van der Waals surface area contributed by atoms with Crippen LogP contribution in [0.1, 0.15) is 11.1 Å². The summed E-state index contributed by atoms with van der Waals surface area (Å²) in [5, 5.41) is 1.70. The van der Waals surface area contributed by atoms with Gasteiger partial charge in [-0.2, -0.15) is 0 Å². The molecule has 52 valence electrons. The van der Waals surface area contributed by atoms with E-state index in [9.17, 15) is 0 Å². The first-order chi connectivity index (χ1) is 4.74. The highest BCUT2D eigenvalue weighted by Gasteiger charge is 1.93. The van der Waals surface area contributed by atoms with Crippen molar-refractivity contribution in [2.24, 2.45) is 0 Å². The molecule has 2 heteroatoms. The third kappa shape index (κ3) is 1.64. The van der Waals surface area contributed by atoms with Gasteiger partial charge in [0, 0.05) is 9.84 Å². The normalized spacial score (nSPS) is 9.40. The van der Waals surface area contributed by atoms with Gasteiger partial charge in [-0.05, 0) is 30.2 Å². The highest BCUT2D eigenvalue weighted by molar-refractivity contribution is 9.10. The first-order valence-corrected chi connectivity index (χ1v) is 4.22. The van der Waals surface area contributed by atoms with Crippen molar-refractivity contribution >= 4 is 33.5 Å². The SMILES string of the molecule is Cc1cc(Br)ccc1C=S. The lowest BCUT2D eigenvalue weighted by atomic mass is 10.1.